The van der Waals surface area contributed by atoms with Gasteiger partial charge in [0.15, 0.2) is 11.5 Å². The maximum absolute atomic E-state index is 13.3. The van der Waals surface area contributed by atoms with Crippen molar-refractivity contribution >= 4 is 34.5 Å². The van der Waals surface area contributed by atoms with Gasteiger partial charge in [0.05, 0.1) is 6.20 Å². The Hall–Kier alpha value is -3.65. The number of piperazine rings is 1. The highest BCUT2D eigenvalue weighted by atomic mass is 35.5. The van der Waals surface area contributed by atoms with E-state index in [1.54, 1.807) is 18.1 Å². The average molecular weight is 449 g/mol. The lowest BCUT2D eigenvalue weighted by Crippen LogP contribution is -2.51. The summed E-state index contributed by atoms with van der Waals surface area (Å²) in [5, 5.41) is 0.690. The van der Waals surface area contributed by atoms with Crippen molar-refractivity contribution in [3.63, 3.8) is 0 Å². The maximum Gasteiger partial charge on any atom is 0.338 e. The molecule has 4 aromatic rings. The second kappa shape index (κ2) is 8.12. The lowest BCUT2D eigenvalue weighted by atomic mass is 10.2. The lowest BCUT2D eigenvalue weighted by molar-refractivity contribution is 0.196. The van der Waals surface area contributed by atoms with Crippen LogP contribution >= 0.6 is 11.6 Å². The van der Waals surface area contributed by atoms with Crippen LogP contribution in [-0.2, 0) is 7.05 Å². The van der Waals surface area contributed by atoms with E-state index in [4.69, 9.17) is 11.6 Å². The third-order valence-corrected chi connectivity index (χ3v) is 6.00. The number of benzene rings is 2. The molecule has 1 aliphatic rings. The smallest absolute Gasteiger partial charge is 0.338 e. The van der Waals surface area contributed by atoms with Crippen molar-refractivity contribution in [3.05, 3.63) is 76.3 Å². The van der Waals surface area contributed by atoms with E-state index in [1.807, 2.05) is 54.6 Å². The van der Waals surface area contributed by atoms with Crippen molar-refractivity contribution in [2.45, 2.75) is 0 Å². The second-order valence-corrected chi connectivity index (χ2v) is 8.12. The van der Waals surface area contributed by atoms with Gasteiger partial charge in [-0.1, -0.05) is 41.9 Å². The minimum Gasteiger partial charge on any atom is -0.368 e. The van der Waals surface area contributed by atoms with Crippen LogP contribution in [0.3, 0.4) is 0 Å². The molecule has 1 fully saturated rings. The fraction of sp³-hybridized carbons (Fsp3) is 0.217. The summed E-state index contributed by atoms with van der Waals surface area (Å²) < 4.78 is 2.56. The summed E-state index contributed by atoms with van der Waals surface area (Å²) in [5.74, 6) is 0.509. The lowest BCUT2D eigenvalue weighted by Gasteiger charge is -2.35. The van der Waals surface area contributed by atoms with Gasteiger partial charge < -0.3 is 9.80 Å². The quantitative estimate of drug-likeness (QED) is 0.470. The number of carbonyl (C=O) groups excluding carboxylic acids is 1. The number of aryl methyl sites for hydroxylation is 1. The molecule has 0 N–H and O–H groups in total. The molecule has 5 rings (SSSR count). The van der Waals surface area contributed by atoms with Crippen LogP contribution in [0.2, 0.25) is 5.02 Å². The fourth-order valence-corrected chi connectivity index (χ4v) is 4.10. The number of aromatic nitrogens is 4. The monoisotopic (exact) mass is 448 g/mol. The second-order valence-electron chi connectivity index (χ2n) is 7.68. The molecule has 1 saturated heterocycles. The fourth-order valence-electron chi connectivity index (χ4n) is 3.98. The van der Waals surface area contributed by atoms with Gasteiger partial charge in [0.2, 0.25) is 0 Å². The number of hydrogen-bond acceptors (Lipinski definition) is 5. The zero-order valence-electron chi connectivity index (χ0n) is 17.5. The number of fused-ring (bicyclic) bond motifs is 1. The summed E-state index contributed by atoms with van der Waals surface area (Å²) >= 11 is 5.98. The van der Waals surface area contributed by atoms with Crippen LogP contribution in [0.15, 0.2) is 65.6 Å². The largest absolute Gasteiger partial charge is 0.368 e. The number of hydrogen-bond donors (Lipinski definition) is 0. The van der Waals surface area contributed by atoms with E-state index >= 15 is 0 Å². The van der Waals surface area contributed by atoms with Gasteiger partial charge in [0.1, 0.15) is 5.52 Å². The van der Waals surface area contributed by atoms with Crippen LogP contribution < -0.4 is 10.6 Å². The molecule has 162 valence electrons. The third-order valence-electron chi connectivity index (χ3n) is 5.75. The van der Waals surface area contributed by atoms with Crippen molar-refractivity contribution in [1.82, 2.24) is 24.0 Å². The standard InChI is InChI=1S/C23H21ClN6O2/c1-27-21-19(15-25-20(26-21)16-5-3-2-4-6-16)30(22(27)31)23(32)29-13-11-28(12-14-29)18-9-7-17(24)8-10-18/h2-10,15H,11-14H2,1H3. The number of carbonyl (C=O) groups is 1. The van der Waals surface area contributed by atoms with Crippen molar-refractivity contribution in [2.75, 3.05) is 31.1 Å². The highest BCUT2D eigenvalue weighted by Crippen LogP contribution is 2.21. The van der Waals surface area contributed by atoms with Gasteiger partial charge in [-0.25, -0.2) is 24.1 Å². The Balaban J connectivity index is 1.41. The molecular weight excluding hydrogens is 428 g/mol. The number of halogens is 1. The summed E-state index contributed by atoms with van der Waals surface area (Å²) in [6.07, 6.45) is 1.55. The number of rotatable bonds is 2. The summed E-state index contributed by atoms with van der Waals surface area (Å²) in [7, 11) is 1.62. The average Bonchev–Trinajstić information content (AvgIpc) is 3.09. The SMILES string of the molecule is Cn1c(=O)n(C(=O)N2CCN(c3ccc(Cl)cc3)CC2)c2cnc(-c3ccccc3)nc21. The Morgan fingerprint density at radius 2 is 1.66 bits per heavy atom. The molecule has 0 aliphatic carbocycles. The van der Waals surface area contributed by atoms with Gasteiger partial charge in [-0.05, 0) is 24.3 Å². The van der Waals surface area contributed by atoms with E-state index in [9.17, 15) is 9.59 Å². The van der Waals surface area contributed by atoms with Gasteiger partial charge in [0, 0.05) is 49.5 Å². The van der Waals surface area contributed by atoms with Gasteiger partial charge >= 0.3 is 11.7 Å². The minimum atomic E-state index is -0.426. The highest BCUT2D eigenvalue weighted by molar-refractivity contribution is 6.30. The molecule has 0 bridgehead atoms. The minimum absolute atomic E-state index is 0.354. The van der Waals surface area contributed by atoms with E-state index in [0.717, 1.165) is 11.3 Å². The molecule has 0 spiro atoms. The molecule has 1 aliphatic heterocycles. The van der Waals surface area contributed by atoms with E-state index in [-0.39, 0.29) is 6.03 Å². The molecule has 2 aromatic heterocycles. The number of imidazole rings is 1. The van der Waals surface area contributed by atoms with Gasteiger partial charge in [-0.2, -0.15) is 0 Å². The zero-order chi connectivity index (χ0) is 22.2. The number of amides is 1. The summed E-state index contributed by atoms with van der Waals surface area (Å²) in [6.45, 7) is 2.35. The molecule has 32 heavy (non-hydrogen) atoms. The first-order valence-corrected chi connectivity index (χ1v) is 10.7. The van der Waals surface area contributed by atoms with Crippen LogP contribution in [0, 0.1) is 0 Å². The number of nitrogens with zero attached hydrogens (tertiary/aromatic N) is 6. The predicted molar refractivity (Wildman–Crippen MR) is 124 cm³/mol. The molecule has 2 aromatic carbocycles. The Kier molecular flexibility index (Phi) is 5.14. The van der Waals surface area contributed by atoms with Gasteiger partial charge in [-0.3, -0.25) is 4.57 Å². The van der Waals surface area contributed by atoms with Crippen LogP contribution in [0.1, 0.15) is 0 Å². The molecule has 8 nitrogen and oxygen atoms in total. The Labute approximate surface area is 189 Å². The van der Waals surface area contributed by atoms with Crippen LogP contribution in [0.4, 0.5) is 10.5 Å². The van der Waals surface area contributed by atoms with Crippen molar-refractivity contribution in [3.8, 4) is 11.4 Å². The van der Waals surface area contributed by atoms with Crippen molar-refractivity contribution < 1.29 is 4.79 Å². The Morgan fingerprint density at radius 1 is 0.969 bits per heavy atom. The molecule has 0 radical (unpaired) electrons. The zero-order valence-corrected chi connectivity index (χ0v) is 18.2. The van der Waals surface area contributed by atoms with E-state index in [0.29, 0.717) is 48.2 Å². The summed E-state index contributed by atoms with van der Waals surface area (Å²) in [5.41, 5.74) is 2.31. The Bertz CT molecular complexity index is 1340. The van der Waals surface area contributed by atoms with Gasteiger partial charge in [-0.15, -0.1) is 0 Å². The molecule has 0 saturated carbocycles. The van der Waals surface area contributed by atoms with Crippen molar-refractivity contribution in [1.29, 1.82) is 0 Å². The first-order chi connectivity index (χ1) is 15.5. The van der Waals surface area contributed by atoms with E-state index in [2.05, 4.69) is 14.9 Å². The first-order valence-electron chi connectivity index (χ1n) is 10.3. The molecule has 0 atom stereocenters. The van der Waals surface area contributed by atoms with E-state index in [1.165, 1.54) is 9.13 Å². The maximum atomic E-state index is 13.3. The number of anilines is 1. The van der Waals surface area contributed by atoms with Gasteiger partial charge in [0.25, 0.3) is 0 Å². The highest BCUT2D eigenvalue weighted by Gasteiger charge is 2.27. The summed E-state index contributed by atoms with van der Waals surface area (Å²) in [4.78, 5) is 39.0. The third kappa shape index (κ3) is 3.52. The van der Waals surface area contributed by atoms with Crippen LogP contribution in [0.25, 0.3) is 22.6 Å². The first kappa shape index (κ1) is 20.3. The van der Waals surface area contributed by atoms with E-state index < -0.39 is 5.69 Å². The molecule has 3 heterocycles. The molecule has 9 heteroatoms. The topological polar surface area (TPSA) is 76.3 Å². The molecule has 1 amide bonds. The Morgan fingerprint density at radius 3 is 2.34 bits per heavy atom. The van der Waals surface area contributed by atoms with Crippen molar-refractivity contribution in [2.24, 2.45) is 7.05 Å². The molecule has 0 unspecified atom stereocenters. The normalized spacial score (nSPS) is 14.2. The predicted octanol–water partition coefficient (Wildman–Crippen LogP) is 3.24. The van der Waals surface area contributed by atoms with Crippen LogP contribution in [0.5, 0.6) is 0 Å². The summed E-state index contributed by atoms with van der Waals surface area (Å²) in [6, 6.07) is 16.8. The van der Waals surface area contributed by atoms with Crippen LogP contribution in [-0.4, -0.2) is 56.2 Å². The molecular formula is C23H21ClN6O2.